The Balaban J connectivity index is 1.88. The van der Waals surface area contributed by atoms with Crippen molar-refractivity contribution in [2.45, 2.75) is 25.3 Å². The van der Waals surface area contributed by atoms with Gasteiger partial charge in [-0.1, -0.05) is 30.3 Å². The van der Waals surface area contributed by atoms with E-state index in [2.05, 4.69) is 10.3 Å². The summed E-state index contributed by atoms with van der Waals surface area (Å²) >= 11 is 0. The van der Waals surface area contributed by atoms with Gasteiger partial charge in [-0.3, -0.25) is 14.6 Å². The fourth-order valence-corrected chi connectivity index (χ4v) is 2.27. The van der Waals surface area contributed by atoms with E-state index in [1.807, 2.05) is 30.3 Å². The molecule has 0 saturated heterocycles. The first-order valence-corrected chi connectivity index (χ1v) is 7.71. The predicted molar refractivity (Wildman–Crippen MR) is 88.7 cm³/mol. The monoisotopic (exact) mass is 328 g/mol. The number of pyridine rings is 1. The van der Waals surface area contributed by atoms with Gasteiger partial charge in [0.1, 0.15) is 5.75 Å². The van der Waals surface area contributed by atoms with Crippen LogP contribution in [-0.2, 0) is 16.0 Å². The van der Waals surface area contributed by atoms with E-state index in [0.717, 1.165) is 5.56 Å². The zero-order valence-electron chi connectivity index (χ0n) is 13.2. The first-order valence-electron chi connectivity index (χ1n) is 7.71. The number of benzene rings is 1. The van der Waals surface area contributed by atoms with E-state index in [4.69, 9.17) is 9.84 Å². The number of aromatic nitrogens is 1. The van der Waals surface area contributed by atoms with Crippen molar-refractivity contribution in [1.29, 1.82) is 0 Å². The molecule has 126 valence electrons. The Labute approximate surface area is 140 Å². The second-order valence-corrected chi connectivity index (χ2v) is 5.36. The third-order valence-corrected chi connectivity index (χ3v) is 3.40. The number of hydrogen-bond acceptors (Lipinski definition) is 4. The van der Waals surface area contributed by atoms with Gasteiger partial charge in [-0.05, 0) is 30.5 Å². The van der Waals surface area contributed by atoms with E-state index in [1.54, 1.807) is 18.3 Å². The number of amides is 1. The van der Waals surface area contributed by atoms with Crippen LogP contribution in [0.1, 0.15) is 18.4 Å². The zero-order valence-corrected chi connectivity index (χ0v) is 13.2. The summed E-state index contributed by atoms with van der Waals surface area (Å²) in [4.78, 5) is 26.8. The number of carbonyl (C=O) groups excluding carboxylic acids is 1. The molecule has 1 heterocycles. The van der Waals surface area contributed by atoms with Crippen molar-refractivity contribution in [3.8, 4) is 5.75 Å². The summed E-state index contributed by atoms with van der Waals surface area (Å²) in [7, 11) is 0. The van der Waals surface area contributed by atoms with Gasteiger partial charge in [0.15, 0.2) is 6.61 Å². The summed E-state index contributed by atoms with van der Waals surface area (Å²) in [6, 6.07) is 12.8. The molecular weight excluding hydrogens is 308 g/mol. The smallest absolute Gasteiger partial charge is 0.303 e. The average molecular weight is 328 g/mol. The van der Waals surface area contributed by atoms with Crippen molar-refractivity contribution in [2.24, 2.45) is 0 Å². The minimum atomic E-state index is -0.881. The molecule has 0 aliphatic heterocycles. The minimum absolute atomic E-state index is 0.00123. The second-order valence-electron chi connectivity index (χ2n) is 5.36. The van der Waals surface area contributed by atoms with E-state index in [0.29, 0.717) is 18.6 Å². The van der Waals surface area contributed by atoms with Crippen LogP contribution in [0.2, 0.25) is 0 Å². The molecular formula is C18H20N2O4. The van der Waals surface area contributed by atoms with Gasteiger partial charge in [-0.2, -0.15) is 0 Å². The van der Waals surface area contributed by atoms with Gasteiger partial charge in [0.25, 0.3) is 5.91 Å². The maximum Gasteiger partial charge on any atom is 0.303 e. The molecule has 6 heteroatoms. The normalized spacial score (nSPS) is 11.5. The van der Waals surface area contributed by atoms with Crippen LogP contribution in [0, 0.1) is 0 Å². The molecule has 1 unspecified atom stereocenters. The van der Waals surface area contributed by atoms with E-state index in [-0.39, 0.29) is 25.0 Å². The Morgan fingerprint density at radius 1 is 1.17 bits per heavy atom. The molecule has 0 fully saturated rings. The fraction of sp³-hybridized carbons (Fsp3) is 0.278. The Hall–Kier alpha value is -2.89. The van der Waals surface area contributed by atoms with Crippen LogP contribution in [0.5, 0.6) is 5.75 Å². The molecule has 1 amide bonds. The molecule has 2 aromatic rings. The summed E-state index contributed by atoms with van der Waals surface area (Å²) < 4.78 is 5.35. The van der Waals surface area contributed by atoms with Gasteiger partial charge >= 0.3 is 5.97 Å². The van der Waals surface area contributed by atoms with Crippen molar-refractivity contribution >= 4 is 11.9 Å². The third kappa shape index (κ3) is 6.48. The highest BCUT2D eigenvalue weighted by atomic mass is 16.5. The lowest BCUT2D eigenvalue weighted by Gasteiger charge is -2.18. The number of nitrogens with zero attached hydrogens (tertiary/aromatic N) is 1. The molecule has 0 spiro atoms. The summed E-state index contributed by atoms with van der Waals surface area (Å²) in [5, 5.41) is 11.7. The SMILES string of the molecule is O=C(O)CCC(Cc1ccccc1)NC(=O)COc1cccnc1. The van der Waals surface area contributed by atoms with Gasteiger partial charge in [-0.25, -0.2) is 0 Å². The quantitative estimate of drug-likeness (QED) is 0.735. The van der Waals surface area contributed by atoms with Crippen molar-refractivity contribution in [1.82, 2.24) is 10.3 Å². The Morgan fingerprint density at radius 3 is 2.62 bits per heavy atom. The summed E-state index contributed by atoms with van der Waals surface area (Å²) in [5.41, 5.74) is 1.04. The molecule has 0 saturated carbocycles. The van der Waals surface area contributed by atoms with Crippen LogP contribution in [0.4, 0.5) is 0 Å². The van der Waals surface area contributed by atoms with Crippen LogP contribution in [-0.4, -0.2) is 34.6 Å². The van der Waals surface area contributed by atoms with Gasteiger partial charge in [0.2, 0.25) is 0 Å². The molecule has 1 aromatic carbocycles. The van der Waals surface area contributed by atoms with Crippen molar-refractivity contribution < 1.29 is 19.4 Å². The van der Waals surface area contributed by atoms with Crippen LogP contribution in [0.3, 0.4) is 0 Å². The summed E-state index contributed by atoms with van der Waals surface area (Å²) in [6.07, 6.45) is 4.09. The Morgan fingerprint density at radius 2 is 1.96 bits per heavy atom. The molecule has 24 heavy (non-hydrogen) atoms. The lowest BCUT2D eigenvalue weighted by Crippen LogP contribution is -2.39. The maximum atomic E-state index is 12.1. The molecule has 1 atom stereocenters. The molecule has 0 bridgehead atoms. The van der Waals surface area contributed by atoms with Crippen LogP contribution >= 0.6 is 0 Å². The first-order chi connectivity index (χ1) is 11.6. The first kappa shape index (κ1) is 17.5. The zero-order chi connectivity index (χ0) is 17.2. The highest BCUT2D eigenvalue weighted by Crippen LogP contribution is 2.09. The Kier molecular flexibility index (Phi) is 6.76. The number of nitrogens with one attached hydrogen (secondary N) is 1. The molecule has 0 radical (unpaired) electrons. The van der Waals surface area contributed by atoms with Crippen LogP contribution in [0.15, 0.2) is 54.9 Å². The van der Waals surface area contributed by atoms with E-state index < -0.39 is 5.97 Å². The van der Waals surface area contributed by atoms with Crippen molar-refractivity contribution in [3.63, 3.8) is 0 Å². The van der Waals surface area contributed by atoms with Gasteiger partial charge in [0.05, 0.1) is 6.20 Å². The summed E-state index contributed by atoms with van der Waals surface area (Å²) in [6.45, 7) is -0.135. The van der Waals surface area contributed by atoms with E-state index >= 15 is 0 Å². The van der Waals surface area contributed by atoms with Gasteiger partial charge in [-0.15, -0.1) is 0 Å². The number of hydrogen-bond donors (Lipinski definition) is 2. The fourth-order valence-electron chi connectivity index (χ4n) is 2.27. The summed E-state index contributed by atoms with van der Waals surface area (Å²) in [5.74, 6) is -0.656. The van der Waals surface area contributed by atoms with Gasteiger partial charge in [0, 0.05) is 18.7 Å². The minimum Gasteiger partial charge on any atom is -0.482 e. The third-order valence-electron chi connectivity index (χ3n) is 3.40. The Bertz CT molecular complexity index is 647. The van der Waals surface area contributed by atoms with Crippen molar-refractivity contribution in [3.05, 3.63) is 60.4 Å². The molecule has 1 aromatic heterocycles. The molecule has 2 rings (SSSR count). The largest absolute Gasteiger partial charge is 0.482 e. The number of rotatable bonds is 9. The second kappa shape index (κ2) is 9.29. The molecule has 6 nitrogen and oxygen atoms in total. The highest BCUT2D eigenvalue weighted by molar-refractivity contribution is 5.78. The highest BCUT2D eigenvalue weighted by Gasteiger charge is 2.15. The van der Waals surface area contributed by atoms with Crippen LogP contribution < -0.4 is 10.1 Å². The number of aliphatic carboxylic acids is 1. The average Bonchev–Trinajstić information content (AvgIpc) is 2.60. The predicted octanol–water partition coefficient (Wildman–Crippen LogP) is 2.05. The number of carboxylic acid groups (broad SMARTS) is 1. The molecule has 0 aliphatic carbocycles. The topological polar surface area (TPSA) is 88.5 Å². The number of carbonyl (C=O) groups is 2. The van der Waals surface area contributed by atoms with E-state index in [9.17, 15) is 9.59 Å². The molecule has 2 N–H and O–H groups in total. The number of carboxylic acids is 1. The lowest BCUT2D eigenvalue weighted by molar-refractivity contribution is -0.137. The van der Waals surface area contributed by atoms with Gasteiger partial charge < -0.3 is 15.2 Å². The maximum absolute atomic E-state index is 12.1. The molecule has 0 aliphatic rings. The standard InChI is InChI=1S/C18H20N2O4/c21-17(13-24-16-7-4-10-19-12-16)20-15(8-9-18(22)23)11-14-5-2-1-3-6-14/h1-7,10,12,15H,8-9,11,13H2,(H,20,21)(H,22,23). The van der Waals surface area contributed by atoms with E-state index in [1.165, 1.54) is 6.20 Å². The van der Waals surface area contributed by atoms with Crippen molar-refractivity contribution in [2.75, 3.05) is 6.61 Å². The number of ether oxygens (including phenoxy) is 1. The lowest BCUT2D eigenvalue weighted by atomic mass is 10.0. The van der Waals surface area contributed by atoms with Crippen LogP contribution in [0.25, 0.3) is 0 Å².